The van der Waals surface area contributed by atoms with E-state index in [9.17, 15) is 4.79 Å². The van der Waals surface area contributed by atoms with Crippen LogP contribution in [0.15, 0.2) is 6.07 Å². The highest BCUT2D eigenvalue weighted by Gasteiger charge is 2.14. The number of hydrogen-bond acceptors (Lipinski definition) is 2. The fourth-order valence-electron chi connectivity index (χ4n) is 1.96. The molecule has 1 heterocycles. The molecule has 0 aliphatic carbocycles. The van der Waals surface area contributed by atoms with Crippen LogP contribution in [0, 0.1) is 19.8 Å². The molecule has 0 aliphatic heterocycles. The molecule has 4 nitrogen and oxygen atoms in total. The van der Waals surface area contributed by atoms with Crippen LogP contribution in [0.25, 0.3) is 0 Å². The van der Waals surface area contributed by atoms with Gasteiger partial charge >= 0.3 is 0 Å². The zero-order chi connectivity index (χ0) is 13.0. The Labute approximate surface area is 115 Å². The summed E-state index contributed by atoms with van der Waals surface area (Å²) in [5, 5.41) is 2.92. The van der Waals surface area contributed by atoms with E-state index in [1.54, 1.807) is 0 Å². The van der Waals surface area contributed by atoms with Crippen LogP contribution in [0.3, 0.4) is 0 Å². The van der Waals surface area contributed by atoms with Gasteiger partial charge in [-0.3, -0.25) is 4.79 Å². The lowest BCUT2D eigenvalue weighted by atomic mass is 10.1. The lowest BCUT2D eigenvalue weighted by molar-refractivity contribution is 0.0948. The van der Waals surface area contributed by atoms with Crippen molar-refractivity contribution in [1.82, 2.24) is 9.88 Å². The summed E-state index contributed by atoms with van der Waals surface area (Å²) >= 11 is 0. The van der Waals surface area contributed by atoms with Crippen LogP contribution >= 0.6 is 12.4 Å². The summed E-state index contributed by atoms with van der Waals surface area (Å²) in [6, 6.07) is 1.95. The van der Waals surface area contributed by atoms with E-state index in [-0.39, 0.29) is 18.3 Å². The zero-order valence-corrected chi connectivity index (χ0v) is 12.4. The number of nitrogens with one attached hydrogen (secondary N) is 1. The van der Waals surface area contributed by atoms with Crippen LogP contribution in [-0.4, -0.2) is 23.6 Å². The van der Waals surface area contributed by atoms with Crippen molar-refractivity contribution in [2.45, 2.75) is 34.2 Å². The fourth-order valence-corrected chi connectivity index (χ4v) is 1.96. The van der Waals surface area contributed by atoms with Crippen molar-refractivity contribution in [3.05, 3.63) is 23.0 Å². The van der Waals surface area contributed by atoms with E-state index in [0.717, 1.165) is 23.5 Å². The van der Waals surface area contributed by atoms with Gasteiger partial charge in [-0.15, -0.1) is 12.4 Å². The topological polar surface area (TPSA) is 60.0 Å². The van der Waals surface area contributed by atoms with Gasteiger partial charge in [-0.1, -0.05) is 6.92 Å². The average Bonchev–Trinajstić information content (AvgIpc) is 2.60. The molecule has 0 saturated heterocycles. The Morgan fingerprint density at radius 2 is 2.11 bits per heavy atom. The van der Waals surface area contributed by atoms with Crippen LogP contribution in [-0.2, 0) is 6.54 Å². The Morgan fingerprint density at radius 3 is 2.56 bits per heavy atom. The fraction of sp³-hybridized carbons (Fsp3) is 0.615. The minimum atomic E-state index is -0.00176. The number of nitrogens with two attached hydrogens (primary N) is 1. The average molecular weight is 274 g/mol. The molecular weight excluding hydrogens is 250 g/mol. The lowest BCUT2D eigenvalue weighted by Gasteiger charge is -2.10. The molecule has 18 heavy (non-hydrogen) atoms. The van der Waals surface area contributed by atoms with Crippen molar-refractivity contribution in [3.63, 3.8) is 0 Å². The number of amides is 1. The van der Waals surface area contributed by atoms with Gasteiger partial charge in [0.15, 0.2) is 0 Å². The van der Waals surface area contributed by atoms with E-state index in [4.69, 9.17) is 5.73 Å². The maximum atomic E-state index is 12.0. The van der Waals surface area contributed by atoms with Crippen LogP contribution in [0.4, 0.5) is 0 Å². The first-order chi connectivity index (χ1) is 8.01. The minimum absolute atomic E-state index is 0. The lowest BCUT2D eigenvalue weighted by Crippen LogP contribution is -2.31. The molecule has 1 unspecified atom stereocenters. The van der Waals surface area contributed by atoms with Gasteiger partial charge in [0.2, 0.25) is 0 Å². The first kappa shape index (κ1) is 17.0. The molecule has 0 fully saturated rings. The van der Waals surface area contributed by atoms with Crippen LogP contribution < -0.4 is 11.1 Å². The van der Waals surface area contributed by atoms with Gasteiger partial charge in [-0.05, 0) is 39.3 Å². The standard InChI is InChI=1S/C13H23N3O.ClH/c1-5-16-10(3)6-12(11(16)4)13(17)15-8-9(2)7-14;/h6,9H,5,7-8,14H2,1-4H3,(H,15,17);1H. The van der Waals surface area contributed by atoms with Crippen LogP contribution in [0.1, 0.15) is 35.6 Å². The monoisotopic (exact) mass is 273 g/mol. The van der Waals surface area contributed by atoms with Crippen molar-refractivity contribution in [3.8, 4) is 0 Å². The molecule has 0 spiro atoms. The number of nitrogens with zero attached hydrogens (tertiary/aromatic N) is 1. The number of hydrogen-bond donors (Lipinski definition) is 2. The third-order valence-electron chi connectivity index (χ3n) is 3.15. The summed E-state index contributed by atoms with van der Waals surface area (Å²) in [6.45, 7) is 10.2. The molecule has 1 aromatic heterocycles. The Bertz CT molecular complexity index is 401. The predicted octanol–water partition coefficient (Wildman–Crippen LogP) is 1.87. The van der Waals surface area contributed by atoms with E-state index < -0.39 is 0 Å². The second-order valence-corrected chi connectivity index (χ2v) is 4.58. The van der Waals surface area contributed by atoms with Crippen LogP contribution in [0.2, 0.25) is 0 Å². The molecule has 0 saturated carbocycles. The molecule has 0 radical (unpaired) electrons. The number of rotatable bonds is 5. The number of aryl methyl sites for hydroxylation is 1. The summed E-state index contributed by atoms with van der Waals surface area (Å²) in [6.07, 6.45) is 0. The molecule has 5 heteroatoms. The molecule has 0 aliphatic rings. The Balaban J connectivity index is 0.00000289. The summed E-state index contributed by atoms with van der Waals surface area (Å²) in [4.78, 5) is 12.0. The number of aromatic nitrogens is 1. The molecular formula is C13H24ClN3O. The van der Waals surface area contributed by atoms with Gasteiger partial charge in [0.1, 0.15) is 0 Å². The van der Waals surface area contributed by atoms with Crippen molar-refractivity contribution in [2.24, 2.45) is 11.7 Å². The molecule has 0 aromatic carbocycles. The van der Waals surface area contributed by atoms with Crippen LogP contribution in [0.5, 0.6) is 0 Å². The Morgan fingerprint density at radius 1 is 1.50 bits per heavy atom. The highest BCUT2D eigenvalue weighted by molar-refractivity contribution is 5.95. The number of carbonyl (C=O) groups is 1. The van der Waals surface area contributed by atoms with Gasteiger partial charge in [0, 0.05) is 24.5 Å². The first-order valence-corrected chi connectivity index (χ1v) is 6.16. The zero-order valence-electron chi connectivity index (χ0n) is 11.6. The maximum absolute atomic E-state index is 12.0. The van der Waals surface area contributed by atoms with Gasteiger partial charge in [0.05, 0.1) is 5.56 Å². The second kappa shape index (κ2) is 7.44. The van der Waals surface area contributed by atoms with E-state index in [0.29, 0.717) is 19.0 Å². The molecule has 1 amide bonds. The van der Waals surface area contributed by atoms with Gasteiger partial charge in [0.25, 0.3) is 5.91 Å². The van der Waals surface area contributed by atoms with Gasteiger partial charge in [-0.25, -0.2) is 0 Å². The Hall–Kier alpha value is -1.00. The molecule has 1 atom stereocenters. The van der Waals surface area contributed by atoms with E-state index >= 15 is 0 Å². The molecule has 104 valence electrons. The predicted molar refractivity (Wildman–Crippen MR) is 77.4 cm³/mol. The van der Waals surface area contributed by atoms with Crippen molar-refractivity contribution in [1.29, 1.82) is 0 Å². The molecule has 3 N–H and O–H groups in total. The van der Waals surface area contributed by atoms with E-state index in [2.05, 4.69) is 16.8 Å². The molecule has 1 aromatic rings. The summed E-state index contributed by atoms with van der Waals surface area (Å²) in [5.41, 5.74) is 8.45. The second-order valence-electron chi connectivity index (χ2n) is 4.58. The van der Waals surface area contributed by atoms with Gasteiger partial charge < -0.3 is 15.6 Å². The molecule has 0 bridgehead atoms. The Kier molecular flexibility index (Phi) is 7.02. The quantitative estimate of drug-likeness (QED) is 0.860. The normalized spacial score (nSPS) is 11.8. The maximum Gasteiger partial charge on any atom is 0.253 e. The highest BCUT2D eigenvalue weighted by atomic mass is 35.5. The smallest absolute Gasteiger partial charge is 0.253 e. The number of carbonyl (C=O) groups excluding carboxylic acids is 1. The van der Waals surface area contributed by atoms with Crippen molar-refractivity contribution >= 4 is 18.3 Å². The van der Waals surface area contributed by atoms with E-state index in [1.165, 1.54) is 0 Å². The largest absolute Gasteiger partial charge is 0.352 e. The minimum Gasteiger partial charge on any atom is -0.352 e. The van der Waals surface area contributed by atoms with Crippen molar-refractivity contribution < 1.29 is 4.79 Å². The van der Waals surface area contributed by atoms with Gasteiger partial charge in [-0.2, -0.15) is 0 Å². The van der Waals surface area contributed by atoms with E-state index in [1.807, 2.05) is 26.8 Å². The highest BCUT2D eigenvalue weighted by Crippen LogP contribution is 2.14. The summed E-state index contributed by atoms with van der Waals surface area (Å²) in [7, 11) is 0. The SMILES string of the molecule is CCn1c(C)cc(C(=O)NCC(C)CN)c1C.Cl. The third-order valence-corrected chi connectivity index (χ3v) is 3.15. The number of halogens is 1. The van der Waals surface area contributed by atoms with Crippen molar-refractivity contribution in [2.75, 3.05) is 13.1 Å². The third kappa shape index (κ3) is 3.75. The summed E-state index contributed by atoms with van der Waals surface area (Å²) < 4.78 is 2.14. The summed E-state index contributed by atoms with van der Waals surface area (Å²) in [5.74, 6) is 0.312. The first-order valence-electron chi connectivity index (χ1n) is 6.16. The molecule has 1 rings (SSSR count).